The van der Waals surface area contributed by atoms with E-state index in [1.54, 1.807) is 6.92 Å². The summed E-state index contributed by atoms with van der Waals surface area (Å²) < 4.78 is 68.4. The van der Waals surface area contributed by atoms with Crippen molar-refractivity contribution in [3.05, 3.63) is 47.7 Å². The SMILES string of the molecule is C=C(C)CSc1c(N(C=O)c2ccc(F)cc2F)c(C(F)(F)F)nn1C. The number of halogens is 5. The van der Waals surface area contributed by atoms with Crippen molar-refractivity contribution in [1.82, 2.24) is 9.78 Å². The molecule has 0 saturated heterocycles. The number of thioether (sulfide) groups is 1. The highest BCUT2D eigenvalue weighted by Crippen LogP contribution is 2.44. The Morgan fingerprint density at radius 2 is 2.04 bits per heavy atom. The first kappa shape index (κ1) is 20.0. The first-order valence-electron chi connectivity index (χ1n) is 7.17. The first-order chi connectivity index (χ1) is 12.1. The van der Waals surface area contributed by atoms with Gasteiger partial charge in [0.05, 0.1) is 5.69 Å². The molecule has 0 radical (unpaired) electrons. The molecule has 26 heavy (non-hydrogen) atoms. The summed E-state index contributed by atoms with van der Waals surface area (Å²) in [5.74, 6) is -1.83. The van der Waals surface area contributed by atoms with E-state index in [9.17, 15) is 26.7 Å². The van der Waals surface area contributed by atoms with Crippen LogP contribution in [0.1, 0.15) is 12.6 Å². The fourth-order valence-electron chi connectivity index (χ4n) is 2.17. The lowest BCUT2D eigenvalue weighted by Gasteiger charge is -2.20. The highest BCUT2D eigenvalue weighted by Gasteiger charge is 2.41. The largest absolute Gasteiger partial charge is 0.437 e. The van der Waals surface area contributed by atoms with Crippen molar-refractivity contribution >= 4 is 29.5 Å². The minimum Gasteiger partial charge on any atom is -0.278 e. The number of amides is 1. The minimum atomic E-state index is -4.88. The van der Waals surface area contributed by atoms with E-state index in [1.165, 1.54) is 7.05 Å². The number of nitrogens with zero attached hydrogens (tertiary/aromatic N) is 3. The Hall–Kier alpha value is -2.36. The Morgan fingerprint density at radius 3 is 2.54 bits per heavy atom. The summed E-state index contributed by atoms with van der Waals surface area (Å²) in [7, 11) is 1.28. The van der Waals surface area contributed by atoms with Crippen LogP contribution < -0.4 is 4.90 Å². The van der Waals surface area contributed by atoms with Crippen molar-refractivity contribution in [2.75, 3.05) is 10.7 Å². The average molecular weight is 391 g/mol. The van der Waals surface area contributed by atoms with Crippen molar-refractivity contribution in [2.45, 2.75) is 18.1 Å². The van der Waals surface area contributed by atoms with Crippen LogP contribution in [0.5, 0.6) is 0 Å². The van der Waals surface area contributed by atoms with Gasteiger partial charge in [-0.15, -0.1) is 11.8 Å². The third-order valence-corrected chi connectivity index (χ3v) is 4.58. The number of alkyl halides is 3. The lowest BCUT2D eigenvalue weighted by Crippen LogP contribution is -2.20. The van der Waals surface area contributed by atoms with E-state index < -0.39 is 34.9 Å². The third kappa shape index (κ3) is 4.06. The Balaban J connectivity index is 2.69. The molecule has 0 N–H and O–H groups in total. The Labute approximate surface area is 150 Å². The number of carbonyl (C=O) groups is 1. The van der Waals surface area contributed by atoms with Crippen LogP contribution in [-0.2, 0) is 18.0 Å². The normalized spacial score (nSPS) is 11.5. The second kappa shape index (κ2) is 7.48. The number of aryl methyl sites for hydroxylation is 1. The maximum atomic E-state index is 14.1. The first-order valence-corrected chi connectivity index (χ1v) is 8.15. The van der Waals surface area contributed by atoms with Crippen molar-refractivity contribution < 1.29 is 26.7 Å². The molecule has 1 heterocycles. The van der Waals surface area contributed by atoms with Crippen LogP contribution in [0.25, 0.3) is 0 Å². The summed E-state index contributed by atoms with van der Waals surface area (Å²) in [4.78, 5) is 12.0. The van der Waals surface area contributed by atoms with Gasteiger partial charge in [0.25, 0.3) is 0 Å². The zero-order valence-corrected chi connectivity index (χ0v) is 14.6. The highest BCUT2D eigenvalue weighted by atomic mass is 32.2. The van der Waals surface area contributed by atoms with Crippen LogP contribution in [0.2, 0.25) is 0 Å². The molecular formula is C16H14F5N3OS. The van der Waals surface area contributed by atoms with Crippen LogP contribution >= 0.6 is 11.8 Å². The van der Waals surface area contributed by atoms with Gasteiger partial charge in [-0.25, -0.2) is 8.78 Å². The molecule has 2 rings (SSSR count). The zero-order chi connectivity index (χ0) is 19.6. The van der Waals surface area contributed by atoms with E-state index in [-0.39, 0.29) is 17.2 Å². The van der Waals surface area contributed by atoms with Gasteiger partial charge >= 0.3 is 6.18 Å². The topological polar surface area (TPSA) is 38.1 Å². The minimum absolute atomic E-state index is 0.00356. The van der Waals surface area contributed by atoms with Crippen LogP contribution in [0, 0.1) is 11.6 Å². The number of hydrogen-bond donors (Lipinski definition) is 0. The van der Waals surface area contributed by atoms with E-state index in [2.05, 4.69) is 11.7 Å². The fraction of sp³-hybridized carbons (Fsp3) is 0.250. The van der Waals surface area contributed by atoms with Gasteiger partial charge in [0, 0.05) is 18.9 Å². The Kier molecular flexibility index (Phi) is 5.74. The molecule has 0 aliphatic rings. The Bertz CT molecular complexity index is 847. The summed E-state index contributed by atoms with van der Waals surface area (Å²) >= 11 is 0.970. The molecule has 140 valence electrons. The lowest BCUT2D eigenvalue weighted by atomic mass is 10.2. The maximum absolute atomic E-state index is 14.1. The summed E-state index contributed by atoms with van der Waals surface area (Å²) in [5.41, 5.74) is -1.80. The number of carbonyl (C=O) groups excluding carboxylic acids is 1. The third-order valence-electron chi connectivity index (χ3n) is 3.21. The van der Waals surface area contributed by atoms with Crippen LogP contribution in [0.3, 0.4) is 0 Å². The fourth-order valence-corrected chi connectivity index (χ4v) is 3.11. The van der Waals surface area contributed by atoms with Gasteiger partial charge in [0.2, 0.25) is 6.41 Å². The van der Waals surface area contributed by atoms with E-state index in [4.69, 9.17) is 0 Å². The smallest absolute Gasteiger partial charge is 0.278 e. The van der Waals surface area contributed by atoms with Crippen molar-refractivity contribution in [2.24, 2.45) is 7.05 Å². The summed E-state index contributed by atoms with van der Waals surface area (Å²) in [6, 6.07) is 2.22. The van der Waals surface area contributed by atoms with Crippen molar-refractivity contribution in [3.8, 4) is 0 Å². The molecule has 10 heteroatoms. The standard InChI is InChI=1S/C16H14F5N3OS/c1-9(2)7-26-15-13(14(16(19,20)21)22-23(15)3)24(8-25)12-5-4-10(17)6-11(12)18/h4-6,8H,1,7H2,2-3H3. The number of hydrogen-bond acceptors (Lipinski definition) is 3. The molecular weight excluding hydrogens is 377 g/mol. The predicted molar refractivity (Wildman–Crippen MR) is 88.3 cm³/mol. The molecule has 1 aromatic heterocycles. The molecule has 4 nitrogen and oxygen atoms in total. The van der Waals surface area contributed by atoms with Gasteiger partial charge in [-0.05, 0) is 19.1 Å². The van der Waals surface area contributed by atoms with Gasteiger partial charge in [0.1, 0.15) is 22.3 Å². The quantitative estimate of drug-likeness (QED) is 0.311. The number of benzene rings is 1. The zero-order valence-electron chi connectivity index (χ0n) is 13.8. The highest BCUT2D eigenvalue weighted by molar-refractivity contribution is 7.99. The number of anilines is 2. The molecule has 0 unspecified atom stereocenters. The Morgan fingerprint density at radius 1 is 1.38 bits per heavy atom. The summed E-state index contributed by atoms with van der Waals surface area (Å²) in [6.07, 6.45) is -4.85. The summed E-state index contributed by atoms with van der Waals surface area (Å²) in [6.45, 7) is 5.36. The van der Waals surface area contributed by atoms with Gasteiger partial charge in [-0.1, -0.05) is 12.2 Å². The molecule has 0 spiro atoms. The maximum Gasteiger partial charge on any atom is 0.437 e. The van der Waals surface area contributed by atoms with Crippen molar-refractivity contribution in [1.29, 1.82) is 0 Å². The molecule has 0 bridgehead atoms. The van der Waals surface area contributed by atoms with Crippen LogP contribution in [0.4, 0.5) is 33.3 Å². The molecule has 0 fully saturated rings. The number of rotatable bonds is 6. The molecule has 0 aliphatic heterocycles. The van der Waals surface area contributed by atoms with Gasteiger partial charge in [-0.3, -0.25) is 14.4 Å². The van der Waals surface area contributed by atoms with Gasteiger partial charge in [0.15, 0.2) is 5.69 Å². The van der Waals surface area contributed by atoms with Crippen molar-refractivity contribution in [3.63, 3.8) is 0 Å². The van der Waals surface area contributed by atoms with E-state index >= 15 is 0 Å². The second-order valence-corrected chi connectivity index (χ2v) is 6.40. The summed E-state index contributed by atoms with van der Waals surface area (Å²) in [5, 5.41) is 3.44. The van der Waals surface area contributed by atoms with E-state index in [1.807, 2.05) is 0 Å². The molecule has 0 aliphatic carbocycles. The molecule has 1 amide bonds. The molecule has 0 atom stereocenters. The second-order valence-electron chi connectivity index (χ2n) is 5.44. The van der Waals surface area contributed by atoms with Gasteiger partial charge < -0.3 is 0 Å². The van der Waals surface area contributed by atoms with E-state index in [0.29, 0.717) is 16.5 Å². The number of aromatic nitrogens is 2. The lowest BCUT2D eigenvalue weighted by molar-refractivity contribution is -0.140. The van der Waals surface area contributed by atoms with E-state index in [0.717, 1.165) is 28.6 Å². The molecule has 2 aromatic rings. The average Bonchev–Trinajstić information content (AvgIpc) is 2.85. The monoisotopic (exact) mass is 391 g/mol. The molecule has 1 aromatic carbocycles. The van der Waals surface area contributed by atoms with Crippen LogP contribution in [-0.4, -0.2) is 21.9 Å². The van der Waals surface area contributed by atoms with Gasteiger partial charge in [-0.2, -0.15) is 18.3 Å². The molecule has 0 saturated carbocycles. The van der Waals surface area contributed by atoms with Crippen LogP contribution in [0.15, 0.2) is 35.4 Å². The predicted octanol–water partition coefficient (Wildman–Crippen LogP) is 4.68.